The van der Waals surface area contributed by atoms with Crippen molar-refractivity contribution < 1.29 is 39.6 Å². The van der Waals surface area contributed by atoms with E-state index in [1.54, 1.807) is 30.3 Å². The van der Waals surface area contributed by atoms with Gasteiger partial charge < -0.3 is 20.4 Å². The van der Waals surface area contributed by atoms with Crippen LogP contribution in [0.2, 0.25) is 0 Å². The quantitative estimate of drug-likeness (QED) is 0.448. The van der Waals surface area contributed by atoms with E-state index in [9.17, 15) is 39.6 Å². The number of aliphatic carboxylic acids is 2. The summed E-state index contributed by atoms with van der Waals surface area (Å²) in [5.74, 6) is -5.89. The van der Waals surface area contributed by atoms with E-state index in [2.05, 4.69) is 0 Å². The minimum absolute atomic E-state index is 0.0747. The Labute approximate surface area is 180 Å². The van der Waals surface area contributed by atoms with Gasteiger partial charge in [-0.2, -0.15) is 0 Å². The zero-order valence-corrected chi connectivity index (χ0v) is 16.4. The fourth-order valence-corrected chi connectivity index (χ4v) is 4.35. The molecule has 4 N–H and O–H groups in total. The van der Waals surface area contributed by atoms with Crippen molar-refractivity contribution in [1.29, 1.82) is 0 Å². The van der Waals surface area contributed by atoms with Crippen LogP contribution in [-0.4, -0.2) is 44.3 Å². The van der Waals surface area contributed by atoms with Gasteiger partial charge in [-0.25, -0.2) is 9.59 Å². The van der Waals surface area contributed by atoms with E-state index in [-0.39, 0.29) is 16.7 Å². The van der Waals surface area contributed by atoms with E-state index in [0.29, 0.717) is 21.9 Å². The number of carbonyl (C=O) groups is 4. The van der Waals surface area contributed by atoms with Gasteiger partial charge in [0.05, 0.1) is 11.1 Å². The molecule has 8 heteroatoms. The second kappa shape index (κ2) is 7.35. The summed E-state index contributed by atoms with van der Waals surface area (Å²) in [5, 5.41) is 40.0. The van der Waals surface area contributed by atoms with Crippen molar-refractivity contribution >= 4 is 40.2 Å². The number of hydrogen-bond donors (Lipinski definition) is 4. The summed E-state index contributed by atoms with van der Waals surface area (Å²) in [4.78, 5) is 47.9. The Kier molecular flexibility index (Phi) is 4.78. The van der Waals surface area contributed by atoms with Gasteiger partial charge in [-0.3, -0.25) is 9.59 Å². The lowest BCUT2D eigenvalue weighted by molar-refractivity contribution is -0.157. The van der Waals surface area contributed by atoms with E-state index in [1.165, 1.54) is 30.3 Å². The highest BCUT2D eigenvalue weighted by Crippen LogP contribution is 2.45. The molecule has 0 atom stereocenters. The van der Waals surface area contributed by atoms with Crippen LogP contribution < -0.4 is 0 Å². The standard InChI is InChI=1S/C24H16O8/c25-20(26)17-8-2-5-12-13(4-1-6-14(12)17)15-10-11-24(22(29)30,23(31)32)19-16(15)7-3-9-18(19)21(27)28/h1-10H,11H2,(H,25,26)(H,27,28)(H,29,30)(H,31,32). The Morgan fingerprint density at radius 3 is 1.81 bits per heavy atom. The molecule has 3 aromatic carbocycles. The van der Waals surface area contributed by atoms with Crippen molar-refractivity contribution in [3.63, 3.8) is 0 Å². The maximum absolute atomic E-state index is 12.2. The van der Waals surface area contributed by atoms with Crippen molar-refractivity contribution in [3.8, 4) is 0 Å². The third-order valence-electron chi connectivity index (χ3n) is 5.80. The van der Waals surface area contributed by atoms with Gasteiger partial charge in [-0.1, -0.05) is 48.5 Å². The van der Waals surface area contributed by atoms with E-state index in [0.717, 1.165) is 0 Å². The third-order valence-corrected chi connectivity index (χ3v) is 5.80. The number of rotatable bonds is 5. The summed E-state index contributed by atoms with van der Waals surface area (Å²) in [6, 6.07) is 13.8. The summed E-state index contributed by atoms with van der Waals surface area (Å²) < 4.78 is 0. The molecule has 32 heavy (non-hydrogen) atoms. The number of allylic oxidation sites excluding steroid dienone is 1. The zero-order valence-electron chi connectivity index (χ0n) is 16.4. The zero-order chi connectivity index (χ0) is 23.2. The molecule has 0 saturated heterocycles. The lowest BCUT2D eigenvalue weighted by atomic mass is 9.67. The normalized spacial score (nSPS) is 14.3. The molecule has 3 aromatic rings. The first-order valence-electron chi connectivity index (χ1n) is 9.49. The van der Waals surface area contributed by atoms with Crippen LogP contribution in [0.5, 0.6) is 0 Å². The topological polar surface area (TPSA) is 149 Å². The first-order chi connectivity index (χ1) is 15.2. The van der Waals surface area contributed by atoms with Gasteiger partial charge in [-0.15, -0.1) is 0 Å². The lowest BCUT2D eigenvalue weighted by Crippen LogP contribution is -2.46. The molecule has 0 bridgehead atoms. The molecule has 160 valence electrons. The fourth-order valence-electron chi connectivity index (χ4n) is 4.35. The van der Waals surface area contributed by atoms with E-state index >= 15 is 0 Å². The Morgan fingerprint density at radius 2 is 1.19 bits per heavy atom. The molecular formula is C24H16O8. The maximum Gasteiger partial charge on any atom is 0.336 e. The van der Waals surface area contributed by atoms with Crippen molar-refractivity contribution in [2.24, 2.45) is 0 Å². The molecule has 0 amide bonds. The number of fused-ring (bicyclic) bond motifs is 2. The van der Waals surface area contributed by atoms with Gasteiger partial charge in [0.1, 0.15) is 0 Å². The fraction of sp³-hybridized carbons (Fsp3) is 0.0833. The first-order valence-corrected chi connectivity index (χ1v) is 9.49. The second-order valence-electron chi connectivity index (χ2n) is 7.38. The molecule has 0 aromatic heterocycles. The number of hydrogen-bond acceptors (Lipinski definition) is 4. The largest absolute Gasteiger partial charge is 0.480 e. The Hall–Kier alpha value is -4.46. The lowest BCUT2D eigenvalue weighted by Gasteiger charge is -2.33. The SMILES string of the molecule is O=C(O)c1cccc2c1C(C(=O)O)(C(=O)O)CC=C2c1cccc2c(C(=O)O)cccc12. The Bertz CT molecular complexity index is 1350. The van der Waals surface area contributed by atoms with Gasteiger partial charge in [-0.05, 0) is 46.0 Å². The van der Waals surface area contributed by atoms with Crippen LogP contribution in [-0.2, 0) is 15.0 Å². The molecule has 1 aliphatic carbocycles. The van der Waals surface area contributed by atoms with Gasteiger partial charge in [0.2, 0.25) is 0 Å². The molecule has 0 heterocycles. The van der Waals surface area contributed by atoms with Crippen LogP contribution >= 0.6 is 0 Å². The predicted octanol–water partition coefficient (Wildman–Crippen LogP) is 3.48. The minimum Gasteiger partial charge on any atom is -0.480 e. The smallest absolute Gasteiger partial charge is 0.336 e. The minimum atomic E-state index is -2.47. The van der Waals surface area contributed by atoms with Crippen LogP contribution in [0, 0.1) is 0 Å². The van der Waals surface area contributed by atoms with Crippen LogP contribution in [0.25, 0.3) is 16.3 Å². The van der Waals surface area contributed by atoms with Gasteiger partial charge in [0.25, 0.3) is 0 Å². The summed E-state index contributed by atoms with van der Waals surface area (Å²) in [6.07, 6.45) is 0.984. The third kappa shape index (κ3) is 2.84. The van der Waals surface area contributed by atoms with Gasteiger partial charge in [0.15, 0.2) is 5.41 Å². The van der Waals surface area contributed by atoms with Crippen LogP contribution in [0.3, 0.4) is 0 Å². The van der Waals surface area contributed by atoms with E-state index in [4.69, 9.17) is 0 Å². The summed E-state index contributed by atoms with van der Waals surface area (Å²) in [6.45, 7) is 0. The highest BCUT2D eigenvalue weighted by atomic mass is 16.4. The molecule has 1 aliphatic rings. The molecule has 4 rings (SSSR count). The number of benzene rings is 3. The summed E-state index contributed by atoms with van der Waals surface area (Å²) >= 11 is 0. The highest BCUT2D eigenvalue weighted by Gasteiger charge is 2.53. The molecular weight excluding hydrogens is 416 g/mol. The summed E-state index contributed by atoms with van der Waals surface area (Å²) in [7, 11) is 0. The Morgan fingerprint density at radius 1 is 0.656 bits per heavy atom. The van der Waals surface area contributed by atoms with Crippen LogP contribution in [0.1, 0.15) is 43.8 Å². The molecule has 8 nitrogen and oxygen atoms in total. The van der Waals surface area contributed by atoms with Crippen molar-refractivity contribution in [1.82, 2.24) is 0 Å². The first kappa shape index (κ1) is 20.8. The molecule has 0 unspecified atom stereocenters. The average molecular weight is 432 g/mol. The molecule has 0 fully saturated rings. The molecule has 0 radical (unpaired) electrons. The predicted molar refractivity (Wildman–Crippen MR) is 113 cm³/mol. The maximum atomic E-state index is 12.2. The average Bonchev–Trinajstić information content (AvgIpc) is 2.76. The van der Waals surface area contributed by atoms with Crippen molar-refractivity contribution in [2.75, 3.05) is 0 Å². The number of aromatic carboxylic acids is 2. The van der Waals surface area contributed by atoms with E-state index in [1.807, 2.05) is 0 Å². The van der Waals surface area contributed by atoms with Crippen LogP contribution in [0.4, 0.5) is 0 Å². The Balaban J connectivity index is 2.09. The van der Waals surface area contributed by atoms with Gasteiger partial charge in [0, 0.05) is 5.56 Å². The number of carboxylic acids is 4. The van der Waals surface area contributed by atoms with E-state index < -0.39 is 41.3 Å². The number of carboxylic acid groups (broad SMARTS) is 4. The van der Waals surface area contributed by atoms with Crippen LogP contribution in [0.15, 0.2) is 60.7 Å². The molecule has 0 aliphatic heterocycles. The van der Waals surface area contributed by atoms with Crippen molar-refractivity contribution in [3.05, 3.63) is 88.5 Å². The van der Waals surface area contributed by atoms with Gasteiger partial charge >= 0.3 is 23.9 Å². The molecule has 0 spiro atoms. The summed E-state index contributed by atoms with van der Waals surface area (Å²) in [5.41, 5.74) is -1.97. The molecule has 0 saturated carbocycles. The van der Waals surface area contributed by atoms with Crippen molar-refractivity contribution in [2.45, 2.75) is 11.8 Å². The second-order valence-corrected chi connectivity index (χ2v) is 7.38. The monoisotopic (exact) mass is 432 g/mol. The highest BCUT2D eigenvalue weighted by molar-refractivity contribution is 6.13.